The number of nitrogens with one attached hydrogen (secondary N) is 2. The molecule has 8 heteroatoms. The zero-order valence-corrected chi connectivity index (χ0v) is 21.4. The molecule has 1 atom stereocenters. The van der Waals surface area contributed by atoms with Gasteiger partial charge in [-0.25, -0.2) is 4.99 Å². The molecule has 0 saturated carbocycles. The van der Waals surface area contributed by atoms with Gasteiger partial charge in [-0.05, 0) is 73.7 Å². The Morgan fingerprint density at radius 2 is 2.00 bits per heavy atom. The van der Waals surface area contributed by atoms with Crippen LogP contribution in [0.4, 0.5) is 0 Å². The molecule has 2 aromatic rings. The van der Waals surface area contributed by atoms with E-state index in [1.165, 1.54) is 5.56 Å². The molecule has 0 aliphatic carbocycles. The van der Waals surface area contributed by atoms with Gasteiger partial charge in [0.15, 0.2) is 17.5 Å². The lowest BCUT2D eigenvalue weighted by atomic mass is 10.00. The molecule has 0 aliphatic rings. The number of rotatable bonds is 11. The molecule has 0 spiro atoms. The number of guanidine groups is 1. The van der Waals surface area contributed by atoms with Gasteiger partial charge in [0.25, 0.3) is 0 Å². The fourth-order valence-corrected chi connectivity index (χ4v) is 3.66. The molecule has 168 valence electrons. The number of methoxy groups -OCH3 is 1. The second-order valence-electron chi connectivity index (χ2n) is 6.93. The number of benzene rings is 1. The first-order valence-electron chi connectivity index (χ1n) is 10.1. The molecule has 0 aliphatic heterocycles. The Kier molecular flexibility index (Phi) is 12.1. The number of hydrogen-bond donors (Lipinski definition) is 3. The maximum absolute atomic E-state index is 10.6. The lowest BCUT2D eigenvalue weighted by Gasteiger charge is -2.21. The molecule has 0 amide bonds. The number of nitrogens with zero attached hydrogens (tertiary/aromatic N) is 1. The first-order valence-corrected chi connectivity index (χ1v) is 11.0. The number of halogens is 1. The third kappa shape index (κ3) is 8.31. The van der Waals surface area contributed by atoms with Crippen LogP contribution < -0.4 is 20.1 Å². The third-order valence-corrected chi connectivity index (χ3v) is 5.18. The summed E-state index contributed by atoms with van der Waals surface area (Å²) in [5.74, 6) is 2.26. The molecular formula is C22H34IN3O3S. The molecule has 1 unspecified atom stereocenters. The highest BCUT2D eigenvalue weighted by Crippen LogP contribution is 2.28. The number of thiophene rings is 1. The summed E-state index contributed by atoms with van der Waals surface area (Å²) in [7, 11) is 1.65. The Balaban J connectivity index is 0.00000450. The van der Waals surface area contributed by atoms with E-state index in [4.69, 9.17) is 9.47 Å². The average Bonchev–Trinajstić information content (AvgIpc) is 3.26. The fraction of sp³-hybridized carbons (Fsp3) is 0.500. The van der Waals surface area contributed by atoms with Gasteiger partial charge in [-0.15, -0.1) is 24.0 Å². The zero-order chi connectivity index (χ0) is 21.1. The molecular weight excluding hydrogens is 513 g/mol. The first-order chi connectivity index (χ1) is 14.0. The van der Waals surface area contributed by atoms with Crippen molar-refractivity contribution in [3.05, 3.63) is 46.2 Å². The molecule has 2 rings (SSSR count). The van der Waals surface area contributed by atoms with Crippen LogP contribution in [0.15, 0.2) is 40.0 Å². The number of aliphatic hydroxyl groups is 1. The van der Waals surface area contributed by atoms with Crippen molar-refractivity contribution in [1.82, 2.24) is 10.6 Å². The summed E-state index contributed by atoms with van der Waals surface area (Å²) in [6.45, 7) is 8.25. The average molecular weight is 548 g/mol. The minimum atomic E-state index is -0.971. The van der Waals surface area contributed by atoms with E-state index < -0.39 is 5.60 Å². The van der Waals surface area contributed by atoms with Gasteiger partial charge in [0.2, 0.25) is 0 Å². The first kappa shape index (κ1) is 26.5. The maximum atomic E-state index is 10.6. The third-order valence-electron chi connectivity index (χ3n) is 4.49. The molecule has 6 nitrogen and oxygen atoms in total. The molecule has 1 aromatic carbocycles. The number of ether oxygens (including phenoxy) is 2. The van der Waals surface area contributed by atoms with Crippen LogP contribution >= 0.6 is 35.3 Å². The Morgan fingerprint density at radius 3 is 2.63 bits per heavy atom. The van der Waals surface area contributed by atoms with Crippen LogP contribution in [0.5, 0.6) is 11.5 Å². The predicted octanol–water partition coefficient (Wildman–Crippen LogP) is 4.17. The van der Waals surface area contributed by atoms with Gasteiger partial charge >= 0.3 is 0 Å². The number of hydrogen-bond acceptors (Lipinski definition) is 5. The summed E-state index contributed by atoms with van der Waals surface area (Å²) in [6.07, 6.45) is 1.87. The van der Waals surface area contributed by atoms with E-state index in [0.717, 1.165) is 43.0 Å². The van der Waals surface area contributed by atoms with Gasteiger partial charge < -0.3 is 25.2 Å². The van der Waals surface area contributed by atoms with Crippen molar-refractivity contribution in [3.8, 4) is 11.5 Å². The van der Waals surface area contributed by atoms with Crippen molar-refractivity contribution < 1.29 is 14.6 Å². The predicted molar refractivity (Wildman–Crippen MR) is 136 cm³/mol. The quantitative estimate of drug-likeness (QED) is 0.171. The van der Waals surface area contributed by atoms with Crippen LogP contribution in [0.1, 0.15) is 38.3 Å². The van der Waals surface area contributed by atoms with E-state index in [2.05, 4.69) is 21.7 Å². The van der Waals surface area contributed by atoms with Crippen LogP contribution in [0.25, 0.3) is 0 Å². The summed E-state index contributed by atoms with van der Waals surface area (Å²) in [5.41, 5.74) is 1.13. The SMILES string of the molecule is CCNC(=NCC(C)(O)c1ccsc1)NCCCc1ccc(OC)c(OCC)c1.I. The minimum absolute atomic E-state index is 0. The number of aliphatic imine (C=N–C) groups is 1. The van der Waals surface area contributed by atoms with Crippen LogP contribution in [0.3, 0.4) is 0 Å². The van der Waals surface area contributed by atoms with Crippen molar-refractivity contribution in [2.24, 2.45) is 4.99 Å². The Bertz CT molecular complexity index is 767. The molecule has 0 saturated heterocycles. The van der Waals surface area contributed by atoms with Gasteiger partial charge in [0.05, 0.1) is 20.3 Å². The number of aryl methyl sites for hydroxylation is 1. The van der Waals surface area contributed by atoms with E-state index in [0.29, 0.717) is 19.1 Å². The van der Waals surface area contributed by atoms with Crippen molar-refractivity contribution in [2.75, 3.05) is 33.4 Å². The monoisotopic (exact) mass is 547 g/mol. The molecule has 0 fully saturated rings. The summed E-state index contributed by atoms with van der Waals surface area (Å²) < 4.78 is 11.0. The summed E-state index contributed by atoms with van der Waals surface area (Å²) in [6, 6.07) is 8.00. The van der Waals surface area contributed by atoms with Crippen molar-refractivity contribution in [2.45, 2.75) is 39.2 Å². The highest BCUT2D eigenvalue weighted by Gasteiger charge is 2.23. The van der Waals surface area contributed by atoms with E-state index in [1.54, 1.807) is 25.4 Å². The Hall–Kier alpha value is -1.52. The van der Waals surface area contributed by atoms with Crippen LogP contribution in [-0.2, 0) is 12.0 Å². The van der Waals surface area contributed by atoms with Crippen LogP contribution in [0.2, 0.25) is 0 Å². The molecule has 3 N–H and O–H groups in total. The summed E-state index contributed by atoms with van der Waals surface area (Å²) in [4.78, 5) is 4.56. The molecule has 30 heavy (non-hydrogen) atoms. The topological polar surface area (TPSA) is 75.1 Å². The smallest absolute Gasteiger partial charge is 0.191 e. The summed E-state index contributed by atoms with van der Waals surface area (Å²) in [5, 5.41) is 21.2. The van der Waals surface area contributed by atoms with Crippen molar-refractivity contribution in [1.29, 1.82) is 0 Å². The molecule has 0 radical (unpaired) electrons. The second kappa shape index (κ2) is 13.7. The highest BCUT2D eigenvalue weighted by molar-refractivity contribution is 14.0. The zero-order valence-electron chi connectivity index (χ0n) is 18.2. The standard InChI is InChI=1S/C22H33N3O3S.HI/c1-5-23-21(25-16-22(3,26)18-11-13-29-15-18)24-12-7-8-17-9-10-19(27-4)20(14-17)28-6-2;/h9-11,13-15,26H,5-8,12,16H2,1-4H3,(H2,23,24,25);1H. The van der Waals surface area contributed by atoms with Gasteiger partial charge in [0, 0.05) is 13.1 Å². The van der Waals surface area contributed by atoms with Crippen LogP contribution in [-0.4, -0.2) is 44.4 Å². The van der Waals surface area contributed by atoms with Gasteiger partial charge in [-0.2, -0.15) is 11.3 Å². The van der Waals surface area contributed by atoms with E-state index in [1.807, 2.05) is 42.8 Å². The van der Waals surface area contributed by atoms with Gasteiger partial charge in [0.1, 0.15) is 5.60 Å². The minimum Gasteiger partial charge on any atom is -0.493 e. The Labute approximate surface area is 201 Å². The van der Waals surface area contributed by atoms with Crippen molar-refractivity contribution in [3.63, 3.8) is 0 Å². The van der Waals surface area contributed by atoms with Gasteiger partial charge in [-0.1, -0.05) is 6.07 Å². The molecule has 1 aromatic heterocycles. The molecule has 1 heterocycles. The summed E-state index contributed by atoms with van der Waals surface area (Å²) >= 11 is 1.58. The normalized spacial score (nSPS) is 13.2. The van der Waals surface area contributed by atoms with E-state index in [-0.39, 0.29) is 24.0 Å². The fourth-order valence-electron chi connectivity index (χ4n) is 2.88. The van der Waals surface area contributed by atoms with Gasteiger partial charge in [-0.3, -0.25) is 0 Å². The van der Waals surface area contributed by atoms with Crippen molar-refractivity contribution >= 4 is 41.3 Å². The highest BCUT2D eigenvalue weighted by atomic mass is 127. The lowest BCUT2D eigenvalue weighted by Crippen LogP contribution is -2.39. The Morgan fingerprint density at radius 1 is 1.20 bits per heavy atom. The molecule has 0 bridgehead atoms. The second-order valence-corrected chi connectivity index (χ2v) is 7.71. The lowest BCUT2D eigenvalue weighted by molar-refractivity contribution is 0.0677. The largest absolute Gasteiger partial charge is 0.493 e. The van der Waals surface area contributed by atoms with E-state index in [9.17, 15) is 5.11 Å². The van der Waals surface area contributed by atoms with E-state index >= 15 is 0 Å². The van der Waals surface area contributed by atoms with Crippen LogP contribution in [0, 0.1) is 0 Å². The maximum Gasteiger partial charge on any atom is 0.191 e.